The first-order valence-electron chi connectivity index (χ1n) is 3.46. The second kappa shape index (κ2) is 3.12. The number of aromatic nitrogens is 1. The number of nitrogens with zero attached hydrogens (tertiary/aromatic N) is 1. The zero-order valence-electron chi connectivity index (χ0n) is 6.81. The van der Waals surface area contributed by atoms with Crippen molar-refractivity contribution in [2.24, 2.45) is 0 Å². The van der Waals surface area contributed by atoms with E-state index in [1.54, 1.807) is 0 Å². The molecule has 1 aromatic rings. The summed E-state index contributed by atoms with van der Waals surface area (Å²) in [5.74, 6) is -0.0495. The minimum absolute atomic E-state index is 0.104. The Bertz CT molecular complexity index is 308. The van der Waals surface area contributed by atoms with Crippen LogP contribution in [0.2, 0.25) is 0 Å². The highest BCUT2D eigenvalue weighted by atomic mass is 19.4. The van der Waals surface area contributed by atoms with Gasteiger partial charge >= 0.3 is 6.18 Å². The van der Waals surface area contributed by atoms with E-state index in [9.17, 15) is 13.2 Å². The summed E-state index contributed by atoms with van der Waals surface area (Å²) in [7, 11) is 1.47. The minimum Gasteiger partial charge on any atom is -0.384 e. The van der Waals surface area contributed by atoms with Gasteiger partial charge in [-0.25, -0.2) is 4.98 Å². The van der Waals surface area contributed by atoms with E-state index in [0.717, 1.165) is 12.1 Å². The smallest absolute Gasteiger partial charge is 0.384 e. The molecule has 0 saturated carbocycles. The number of nitrogens with one attached hydrogen (secondary N) is 1. The van der Waals surface area contributed by atoms with Crippen LogP contribution >= 0.6 is 0 Å². The quantitative estimate of drug-likeness (QED) is 0.710. The standard InChI is InChI=1S/C7H8F3N3/c1-12-6-3-4(7(8,9)10)2-5(11)13-6/h2-3H,1H3,(H3,11,12,13). The van der Waals surface area contributed by atoms with Crippen molar-refractivity contribution in [3.63, 3.8) is 0 Å². The van der Waals surface area contributed by atoms with Gasteiger partial charge in [0, 0.05) is 7.05 Å². The Labute approximate surface area is 72.8 Å². The molecule has 0 spiro atoms. The highest BCUT2D eigenvalue weighted by Crippen LogP contribution is 2.31. The lowest BCUT2D eigenvalue weighted by atomic mass is 10.2. The largest absolute Gasteiger partial charge is 0.416 e. The Morgan fingerprint density at radius 1 is 1.38 bits per heavy atom. The number of halogens is 3. The van der Waals surface area contributed by atoms with Crippen molar-refractivity contribution in [2.45, 2.75) is 6.18 Å². The molecule has 0 aliphatic rings. The van der Waals surface area contributed by atoms with Crippen molar-refractivity contribution < 1.29 is 13.2 Å². The second-order valence-electron chi connectivity index (χ2n) is 2.41. The maximum absolute atomic E-state index is 12.2. The Morgan fingerprint density at radius 2 is 2.00 bits per heavy atom. The van der Waals surface area contributed by atoms with Crippen LogP contribution in [0.1, 0.15) is 5.56 Å². The topological polar surface area (TPSA) is 50.9 Å². The van der Waals surface area contributed by atoms with Crippen LogP contribution in [-0.2, 0) is 6.18 Å². The van der Waals surface area contributed by atoms with Gasteiger partial charge in [-0.05, 0) is 12.1 Å². The lowest BCUT2D eigenvalue weighted by Crippen LogP contribution is -2.08. The second-order valence-corrected chi connectivity index (χ2v) is 2.41. The number of anilines is 2. The number of hydrogen-bond donors (Lipinski definition) is 2. The predicted octanol–water partition coefficient (Wildman–Crippen LogP) is 1.72. The van der Waals surface area contributed by atoms with Crippen molar-refractivity contribution in [2.75, 3.05) is 18.1 Å². The van der Waals surface area contributed by atoms with Crippen LogP contribution in [0.25, 0.3) is 0 Å². The Morgan fingerprint density at radius 3 is 2.46 bits per heavy atom. The van der Waals surface area contributed by atoms with Gasteiger partial charge in [0.2, 0.25) is 0 Å². The first-order valence-corrected chi connectivity index (χ1v) is 3.46. The molecule has 72 valence electrons. The summed E-state index contributed by atoms with van der Waals surface area (Å²) < 4.78 is 36.5. The zero-order valence-corrected chi connectivity index (χ0v) is 6.81. The maximum atomic E-state index is 12.2. The van der Waals surface area contributed by atoms with Gasteiger partial charge in [-0.3, -0.25) is 0 Å². The third-order valence-electron chi connectivity index (χ3n) is 1.43. The van der Waals surface area contributed by atoms with Gasteiger partial charge in [-0.1, -0.05) is 0 Å². The molecule has 0 aliphatic carbocycles. The van der Waals surface area contributed by atoms with Crippen molar-refractivity contribution >= 4 is 11.6 Å². The van der Waals surface area contributed by atoms with Crippen molar-refractivity contribution in [1.82, 2.24) is 4.98 Å². The highest BCUT2D eigenvalue weighted by molar-refractivity contribution is 5.46. The fourth-order valence-electron chi connectivity index (χ4n) is 0.844. The molecule has 0 aliphatic heterocycles. The first kappa shape index (κ1) is 9.63. The van der Waals surface area contributed by atoms with Crippen LogP contribution in [0.3, 0.4) is 0 Å². The number of nitrogens with two attached hydrogens (primary N) is 1. The van der Waals surface area contributed by atoms with Crippen LogP contribution in [0, 0.1) is 0 Å². The van der Waals surface area contributed by atoms with Crippen molar-refractivity contribution in [1.29, 1.82) is 0 Å². The summed E-state index contributed by atoms with van der Waals surface area (Å²) in [6.07, 6.45) is -4.39. The summed E-state index contributed by atoms with van der Waals surface area (Å²) in [5, 5.41) is 2.49. The monoisotopic (exact) mass is 191 g/mol. The highest BCUT2D eigenvalue weighted by Gasteiger charge is 2.31. The number of hydrogen-bond acceptors (Lipinski definition) is 3. The third-order valence-corrected chi connectivity index (χ3v) is 1.43. The molecule has 3 N–H and O–H groups in total. The number of alkyl halides is 3. The minimum atomic E-state index is -4.39. The predicted molar refractivity (Wildman–Crippen MR) is 43.2 cm³/mol. The van der Waals surface area contributed by atoms with Crippen molar-refractivity contribution in [3.05, 3.63) is 17.7 Å². The molecular formula is C7H8F3N3. The van der Waals surface area contributed by atoms with Gasteiger partial charge in [-0.2, -0.15) is 13.2 Å². The first-order chi connectivity index (χ1) is 5.93. The molecule has 0 radical (unpaired) electrons. The van der Waals surface area contributed by atoms with E-state index >= 15 is 0 Å². The Balaban J connectivity index is 3.16. The molecule has 6 heteroatoms. The SMILES string of the molecule is CNc1cc(C(F)(F)F)cc(N)n1. The third kappa shape index (κ3) is 2.24. The molecule has 0 fully saturated rings. The van der Waals surface area contributed by atoms with E-state index in [-0.39, 0.29) is 11.6 Å². The summed E-state index contributed by atoms with van der Waals surface area (Å²) in [5.41, 5.74) is 4.38. The van der Waals surface area contributed by atoms with Crippen LogP contribution in [0.4, 0.5) is 24.8 Å². The van der Waals surface area contributed by atoms with E-state index in [2.05, 4.69) is 10.3 Å². The van der Waals surface area contributed by atoms with Crippen LogP contribution in [0.15, 0.2) is 12.1 Å². The molecule has 0 saturated heterocycles. The Hall–Kier alpha value is -1.46. The summed E-state index contributed by atoms with van der Waals surface area (Å²) in [6, 6.07) is 1.69. The van der Waals surface area contributed by atoms with Crippen LogP contribution in [0.5, 0.6) is 0 Å². The van der Waals surface area contributed by atoms with Gasteiger partial charge in [-0.15, -0.1) is 0 Å². The van der Waals surface area contributed by atoms with E-state index < -0.39 is 11.7 Å². The zero-order chi connectivity index (χ0) is 10.1. The van der Waals surface area contributed by atoms with E-state index in [4.69, 9.17) is 5.73 Å². The van der Waals surface area contributed by atoms with Gasteiger partial charge in [0.1, 0.15) is 11.6 Å². The molecule has 1 heterocycles. The fraction of sp³-hybridized carbons (Fsp3) is 0.286. The van der Waals surface area contributed by atoms with Gasteiger partial charge in [0.05, 0.1) is 5.56 Å². The normalized spacial score (nSPS) is 11.4. The van der Waals surface area contributed by atoms with E-state index in [1.165, 1.54) is 7.05 Å². The number of pyridine rings is 1. The maximum Gasteiger partial charge on any atom is 0.416 e. The molecule has 0 amide bonds. The molecule has 3 nitrogen and oxygen atoms in total. The van der Waals surface area contributed by atoms with E-state index in [0.29, 0.717) is 0 Å². The molecule has 0 atom stereocenters. The van der Waals surface area contributed by atoms with Gasteiger partial charge in [0.15, 0.2) is 0 Å². The average Bonchev–Trinajstić information content (AvgIpc) is 2.01. The van der Waals surface area contributed by atoms with E-state index in [1.807, 2.05) is 0 Å². The molecule has 13 heavy (non-hydrogen) atoms. The molecule has 1 aromatic heterocycles. The molecule has 0 bridgehead atoms. The lowest BCUT2D eigenvalue weighted by Gasteiger charge is -2.08. The van der Waals surface area contributed by atoms with Crippen molar-refractivity contribution in [3.8, 4) is 0 Å². The summed E-state index contributed by atoms with van der Waals surface area (Å²) in [4.78, 5) is 3.63. The summed E-state index contributed by atoms with van der Waals surface area (Å²) in [6.45, 7) is 0. The number of rotatable bonds is 1. The van der Waals surface area contributed by atoms with Crippen LogP contribution in [-0.4, -0.2) is 12.0 Å². The van der Waals surface area contributed by atoms with Crippen LogP contribution < -0.4 is 11.1 Å². The lowest BCUT2D eigenvalue weighted by molar-refractivity contribution is -0.137. The van der Waals surface area contributed by atoms with Gasteiger partial charge < -0.3 is 11.1 Å². The summed E-state index contributed by atoms with van der Waals surface area (Å²) >= 11 is 0. The number of nitrogen functional groups attached to an aromatic ring is 1. The molecule has 1 rings (SSSR count). The van der Waals surface area contributed by atoms with Gasteiger partial charge in [0.25, 0.3) is 0 Å². The fourth-order valence-corrected chi connectivity index (χ4v) is 0.844. The average molecular weight is 191 g/mol. The molecule has 0 aromatic carbocycles. The molecule has 0 unspecified atom stereocenters. The molecular weight excluding hydrogens is 183 g/mol. The Kier molecular flexibility index (Phi) is 2.31.